The summed E-state index contributed by atoms with van der Waals surface area (Å²) in [5.41, 5.74) is 0. The SMILES string of the molecule is CC/C=C\C/C=C\C/C=C\C/C=C\C/C=C\C/C=C\CCCCCCCCCCCCC(=O)OCC(COC(=O)CCCCC/C=C\C/C=C\C/C=C\CC)OC(=O)CCCCCCCCCCCCCCCCCCCCCC. The summed E-state index contributed by atoms with van der Waals surface area (Å²) >= 11 is 0. The summed E-state index contributed by atoms with van der Waals surface area (Å²) in [5, 5.41) is 0. The average molecular weight is 1110 g/mol. The van der Waals surface area contributed by atoms with Crippen molar-refractivity contribution in [1.29, 1.82) is 0 Å². The van der Waals surface area contributed by atoms with Crippen molar-refractivity contribution in [2.45, 2.75) is 329 Å². The molecule has 0 bridgehead atoms. The molecule has 458 valence electrons. The molecule has 0 amide bonds. The molecule has 0 saturated carbocycles. The Kier molecular flexibility index (Phi) is 64.3. The fourth-order valence-corrected chi connectivity index (χ4v) is 9.52. The van der Waals surface area contributed by atoms with Gasteiger partial charge >= 0.3 is 17.9 Å². The van der Waals surface area contributed by atoms with Crippen LogP contribution in [-0.4, -0.2) is 37.2 Å². The van der Waals surface area contributed by atoms with Crippen molar-refractivity contribution in [1.82, 2.24) is 0 Å². The van der Waals surface area contributed by atoms with Crippen LogP contribution in [0.4, 0.5) is 0 Å². The minimum atomic E-state index is -0.793. The summed E-state index contributed by atoms with van der Waals surface area (Å²) in [4.78, 5) is 38.4. The van der Waals surface area contributed by atoms with E-state index in [2.05, 4.69) is 130 Å². The molecule has 0 saturated heterocycles. The van der Waals surface area contributed by atoms with Gasteiger partial charge in [0.1, 0.15) is 13.2 Å². The number of carbonyl (C=O) groups is 3. The highest BCUT2D eigenvalue weighted by atomic mass is 16.6. The topological polar surface area (TPSA) is 78.9 Å². The number of hydrogen-bond acceptors (Lipinski definition) is 6. The Balaban J connectivity index is 4.30. The van der Waals surface area contributed by atoms with Gasteiger partial charge in [0.15, 0.2) is 6.10 Å². The van der Waals surface area contributed by atoms with Crippen molar-refractivity contribution >= 4 is 17.9 Å². The van der Waals surface area contributed by atoms with Crippen molar-refractivity contribution < 1.29 is 28.6 Å². The lowest BCUT2D eigenvalue weighted by molar-refractivity contribution is -0.167. The van der Waals surface area contributed by atoms with Gasteiger partial charge in [0, 0.05) is 19.3 Å². The maximum absolute atomic E-state index is 12.9. The lowest BCUT2D eigenvalue weighted by Gasteiger charge is -2.18. The Labute approximate surface area is 495 Å². The van der Waals surface area contributed by atoms with Crippen LogP contribution in [-0.2, 0) is 28.6 Å². The van der Waals surface area contributed by atoms with Gasteiger partial charge in [-0.2, -0.15) is 0 Å². The molecule has 0 aromatic carbocycles. The Morgan fingerprint density at radius 2 is 0.487 bits per heavy atom. The second-order valence-corrected chi connectivity index (χ2v) is 22.3. The Morgan fingerprint density at radius 1 is 0.263 bits per heavy atom. The minimum absolute atomic E-state index is 0.0878. The Morgan fingerprint density at radius 3 is 0.775 bits per heavy atom. The maximum atomic E-state index is 12.9. The van der Waals surface area contributed by atoms with Crippen LogP contribution in [0.2, 0.25) is 0 Å². The smallest absolute Gasteiger partial charge is 0.306 e. The molecule has 0 radical (unpaired) electrons. The minimum Gasteiger partial charge on any atom is -0.462 e. The molecular formula is C74H126O6. The van der Waals surface area contributed by atoms with Gasteiger partial charge in [-0.3, -0.25) is 14.4 Å². The van der Waals surface area contributed by atoms with Crippen LogP contribution >= 0.6 is 0 Å². The number of unbranched alkanes of at least 4 members (excludes halogenated alkanes) is 32. The molecular weight excluding hydrogens is 985 g/mol. The van der Waals surface area contributed by atoms with E-state index in [-0.39, 0.29) is 31.1 Å². The predicted molar refractivity (Wildman–Crippen MR) is 348 cm³/mol. The van der Waals surface area contributed by atoms with Crippen LogP contribution in [0.1, 0.15) is 323 Å². The van der Waals surface area contributed by atoms with Crippen LogP contribution in [0.5, 0.6) is 0 Å². The first-order valence-corrected chi connectivity index (χ1v) is 33.9. The normalized spacial score (nSPS) is 12.8. The highest BCUT2D eigenvalue weighted by Gasteiger charge is 2.19. The van der Waals surface area contributed by atoms with Crippen molar-refractivity contribution in [2.24, 2.45) is 0 Å². The first-order chi connectivity index (χ1) is 39.5. The predicted octanol–water partition coefficient (Wildman–Crippen LogP) is 23.4. The molecule has 0 rings (SSSR count). The summed E-state index contributed by atoms with van der Waals surface area (Å²) in [6, 6.07) is 0. The van der Waals surface area contributed by atoms with Crippen LogP contribution in [0, 0.1) is 0 Å². The van der Waals surface area contributed by atoms with Gasteiger partial charge in [0.2, 0.25) is 0 Å². The van der Waals surface area contributed by atoms with E-state index in [9.17, 15) is 14.4 Å². The van der Waals surface area contributed by atoms with Crippen LogP contribution in [0.25, 0.3) is 0 Å². The van der Waals surface area contributed by atoms with E-state index < -0.39 is 6.10 Å². The standard InChI is InChI=1S/C74H126O6/c1-4-7-10-13-16-19-22-25-27-29-31-33-34-35-36-37-38-39-40-41-43-44-46-49-52-55-58-61-64-67-73(76)79-70-71(69-78-72(75)66-63-60-57-54-51-48-24-21-18-15-12-9-6-3)80-74(77)68-65-62-59-56-53-50-47-45-42-32-30-28-26-23-20-17-14-11-8-5-2/h7,9-10,12,16,18-19,21,25,27,31,33,35-36,38-39,48,51,71H,4-6,8,11,13-15,17,20,22-24,26,28-30,32,34,37,40-47,49-50,52-70H2,1-3H3/b10-7-,12-9-,19-16-,21-18-,27-25-,33-31-,36-35-,39-38-,51-48-. The summed E-state index contributed by atoms with van der Waals surface area (Å²) in [7, 11) is 0. The van der Waals surface area contributed by atoms with Gasteiger partial charge in [-0.1, -0.05) is 310 Å². The van der Waals surface area contributed by atoms with Gasteiger partial charge in [-0.15, -0.1) is 0 Å². The summed E-state index contributed by atoms with van der Waals surface area (Å²) in [5.74, 6) is -0.909. The molecule has 80 heavy (non-hydrogen) atoms. The number of hydrogen-bond donors (Lipinski definition) is 0. The van der Waals surface area contributed by atoms with Gasteiger partial charge in [0.25, 0.3) is 0 Å². The van der Waals surface area contributed by atoms with Crippen molar-refractivity contribution in [3.8, 4) is 0 Å². The van der Waals surface area contributed by atoms with E-state index in [1.54, 1.807) is 0 Å². The molecule has 0 aliphatic heterocycles. The molecule has 0 heterocycles. The van der Waals surface area contributed by atoms with E-state index in [0.717, 1.165) is 122 Å². The highest BCUT2D eigenvalue weighted by Crippen LogP contribution is 2.17. The van der Waals surface area contributed by atoms with E-state index in [1.807, 2.05) is 0 Å². The van der Waals surface area contributed by atoms with Crippen molar-refractivity contribution in [3.63, 3.8) is 0 Å². The lowest BCUT2D eigenvalue weighted by Crippen LogP contribution is -2.30. The molecule has 6 heteroatoms. The average Bonchev–Trinajstić information content (AvgIpc) is 3.46. The van der Waals surface area contributed by atoms with E-state index >= 15 is 0 Å². The first-order valence-electron chi connectivity index (χ1n) is 33.9. The number of ether oxygens (including phenoxy) is 3. The largest absolute Gasteiger partial charge is 0.462 e. The van der Waals surface area contributed by atoms with Gasteiger partial charge < -0.3 is 14.2 Å². The highest BCUT2D eigenvalue weighted by molar-refractivity contribution is 5.71. The molecule has 0 N–H and O–H groups in total. The van der Waals surface area contributed by atoms with Crippen LogP contribution < -0.4 is 0 Å². The molecule has 0 aromatic rings. The zero-order valence-electron chi connectivity index (χ0n) is 52.6. The summed E-state index contributed by atoms with van der Waals surface area (Å²) in [6.07, 6.45) is 92.5. The molecule has 0 aliphatic rings. The molecule has 0 aliphatic carbocycles. The van der Waals surface area contributed by atoms with Gasteiger partial charge in [-0.05, 0) is 103 Å². The molecule has 0 spiro atoms. The van der Waals surface area contributed by atoms with E-state index in [0.29, 0.717) is 19.3 Å². The van der Waals surface area contributed by atoms with Crippen LogP contribution in [0.15, 0.2) is 109 Å². The Hall–Kier alpha value is -3.93. The quantitative estimate of drug-likeness (QED) is 0.0261. The summed E-state index contributed by atoms with van der Waals surface area (Å²) < 4.78 is 16.9. The van der Waals surface area contributed by atoms with Crippen molar-refractivity contribution in [3.05, 3.63) is 109 Å². The molecule has 1 atom stereocenters. The van der Waals surface area contributed by atoms with Crippen molar-refractivity contribution in [2.75, 3.05) is 13.2 Å². The third-order valence-electron chi connectivity index (χ3n) is 14.5. The van der Waals surface area contributed by atoms with Gasteiger partial charge in [-0.25, -0.2) is 0 Å². The van der Waals surface area contributed by atoms with E-state index in [1.165, 1.54) is 161 Å². The lowest BCUT2D eigenvalue weighted by atomic mass is 10.0. The molecule has 1 unspecified atom stereocenters. The van der Waals surface area contributed by atoms with Crippen LogP contribution in [0.3, 0.4) is 0 Å². The monoisotopic (exact) mass is 1110 g/mol. The fraction of sp³-hybridized carbons (Fsp3) is 0.716. The number of carbonyl (C=O) groups excluding carboxylic acids is 3. The second-order valence-electron chi connectivity index (χ2n) is 22.3. The first kappa shape index (κ1) is 76.1. The van der Waals surface area contributed by atoms with E-state index in [4.69, 9.17) is 14.2 Å². The van der Waals surface area contributed by atoms with Gasteiger partial charge in [0.05, 0.1) is 0 Å². The Bertz CT molecular complexity index is 1610. The fourth-order valence-electron chi connectivity index (χ4n) is 9.52. The number of rotatable bonds is 61. The number of esters is 3. The molecule has 0 fully saturated rings. The third kappa shape index (κ3) is 64.9. The number of allylic oxidation sites excluding steroid dienone is 18. The third-order valence-corrected chi connectivity index (χ3v) is 14.5. The molecule has 6 nitrogen and oxygen atoms in total. The zero-order chi connectivity index (χ0) is 57.8. The summed E-state index contributed by atoms with van der Waals surface area (Å²) in [6.45, 7) is 6.42. The molecule has 0 aromatic heterocycles. The maximum Gasteiger partial charge on any atom is 0.306 e. The second kappa shape index (κ2) is 67.6. The zero-order valence-corrected chi connectivity index (χ0v) is 52.6.